The lowest BCUT2D eigenvalue weighted by atomic mass is 9.97. The molecule has 0 atom stereocenters. The Bertz CT molecular complexity index is 687. The number of hydrogen-bond donors (Lipinski definition) is 1. The number of benzene rings is 1. The Hall–Kier alpha value is -1.44. The zero-order valence-corrected chi connectivity index (χ0v) is 13.2. The first-order chi connectivity index (χ1) is 10.5. The summed E-state index contributed by atoms with van der Waals surface area (Å²) < 4.78 is 25.2. The van der Waals surface area contributed by atoms with Gasteiger partial charge in [0.25, 0.3) is 0 Å². The molecule has 1 N–H and O–H groups in total. The summed E-state index contributed by atoms with van der Waals surface area (Å²) in [6.45, 7) is 3.40. The van der Waals surface area contributed by atoms with E-state index in [-0.39, 0.29) is 5.75 Å². The van der Waals surface area contributed by atoms with Crippen molar-refractivity contribution < 1.29 is 18.3 Å². The summed E-state index contributed by atoms with van der Waals surface area (Å²) in [5.74, 6) is -0.652. The Kier molecular flexibility index (Phi) is 4.20. The second-order valence-electron chi connectivity index (χ2n) is 5.88. The van der Waals surface area contributed by atoms with Gasteiger partial charge in [0.2, 0.25) is 10.0 Å². The number of carboxylic acids is 1. The molecule has 2 heterocycles. The SMILES string of the molecule is O=C(O)c1ccc2c(c1)CN(CCN1CCCS1(=O)=O)CC2. The third-order valence-electron chi connectivity index (χ3n) is 4.41. The number of hydrogen-bond acceptors (Lipinski definition) is 4. The first-order valence-electron chi connectivity index (χ1n) is 7.51. The van der Waals surface area contributed by atoms with Crippen molar-refractivity contribution in [1.29, 1.82) is 0 Å². The highest BCUT2D eigenvalue weighted by Crippen LogP contribution is 2.21. The number of rotatable bonds is 4. The van der Waals surface area contributed by atoms with Crippen molar-refractivity contribution in [3.63, 3.8) is 0 Å². The van der Waals surface area contributed by atoms with E-state index in [9.17, 15) is 13.2 Å². The standard InChI is InChI=1S/C15H20N2O4S/c18-15(19)13-3-2-12-4-6-16(11-14(12)10-13)7-8-17-5-1-9-22(17,20)21/h2-3,10H,1,4-9,11H2,(H,18,19). The van der Waals surface area contributed by atoms with Crippen molar-refractivity contribution in [3.05, 3.63) is 34.9 Å². The molecule has 1 aromatic carbocycles. The van der Waals surface area contributed by atoms with Crippen LogP contribution < -0.4 is 0 Å². The van der Waals surface area contributed by atoms with Gasteiger partial charge < -0.3 is 5.11 Å². The van der Waals surface area contributed by atoms with Crippen molar-refractivity contribution in [3.8, 4) is 0 Å². The number of carboxylic acid groups (broad SMARTS) is 1. The lowest BCUT2D eigenvalue weighted by Crippen LogP contribution is -2.38. The monoisotopic (exact) mass is 324 g/mol. The molecule has 3 rings (SSSR count). The summed E-state index contributed by atoms with van der Waals surface area (Å²) in [7, 11) is -3.04. The molecule has 0 bridgehead atoms. The van der Waals surface area contributed by atoms with Crippen LogP contribution in [-0.4, -0.2) is 60.6 Å². The lowest BCUT2D eigenvalue weighted by molar-refractivity contribution is 0.0696. The van der Waals surface area contributed by atoms with Crippen LogP contribution >= 0.6 is 0 Å². The lowest BCUT2D eigenvalue weighted by Gasteiger charge is -2.30. The van der Waals surface area contributed by atoms with Crippen LogP contribution in [0, 0.1) is 0 Å². The van der Waals surface area contributed by atoms with Crippen molar-refractivity contribution in [2.45, 2.75) is 19.4 Å². The zero-order valence-electron chi connectivity index (χ0n) is 12.4. The number of carbonyl (C=O) groups is 1. The van der Waals surface area contributed by atoms with Crippen molar-refractivity contribution >= 4 is 16.0 Å². The number of sulfonamides is 1. The minimum atomic E-state index is -3.04. The van der Waals surface area contributed by atoms with Gasteiger partial charge >= 0.3 is 5.97 Å². The van der Waals surface area contributed by atoms with Crippen LogP contribution in [0.15, 0.2) is 18.2 Å². The van der Waals surface area contributed by atoms with Crippen LogP contribution in [0.2, 0.25) is 0 Å². The summed E-state index contributed by atoms with van der Waals surface area (Å²) in [5, 5.41) is 9.07. The van der Waals surface area contributed by atoms with Gasteiger partial charge in [-0.3, -0.25) is 4.90 Å². The van der Waals surface area contributed by atoms with Crippen LogP contribution in [0.4, 0.5) is 0 Å². The topological polar surface area (TPSA) is 77.9 Å². The van der Waals surface area contributed by atoms with Crippen LogP contribution in [0.3, 0.4) is 0 Å². The third kappa shape index (κ3) is 3.16. The van der Waals surface area contributed by atoms with Gasteiger partial charge in [-0.1, -0.05) is 6.07 Å². The highest BCUT2D eigenvalue weighted by atomic mass is 32.2. The number of nitrogens with zero attached hydrogens (tertiary/aromatic N) is 2. The normalized spacial score (nSPS) is 21.6. The molecule has 120 valence electrons. The highest BCUT2D eigenvalue weighted by molar-refractivity contribution is 7.89. The molecule has 0 radical (unpaired) electrons. The fourth-order valence-electron chi connectivity index (χ4n) is 3.13. The molecule has 0 aliphatic carbocycles. The molecule has 0 amide bonds. The minimum absolute atomic E-state index is 0.262. The molecule has 1 fully saturated rings. The summed E-state index contributed by atoms with van der Waals surface area (Å²) >= 11 is 0. The molecule has 2 aliphatic rings. The molecular weight excluding hydrogens is 304 g/mol. The Labute approximate surface area is 130 Å². The van der Waals surface area contributed by atoms with Gasteiger partial charge in [0.05, 0.1) is 11.3 Å². The Balaban J connectivity index is 1.64. The number of fused-ring (bicyclic) bond motifs is 1. The smallest absolute Gasteiger partial charge is 0.335 e. The van der Waals surface area contributed by atoms with Crippen molar-refractivity contribution in [2.75, 3.05) is 31.9 Å². The average Bonchev–Trinajstić information content (AvgIpc) is 2.82. The van der Waals surface area contributed by atoms with Crippen LogP contribution in [0.1, 0.15) is 27.9 Å². The molecule has 22 heavy (non-hydrogen) atoms. The third-order valence-corrected chi connectivity index (χ3v) is 6.37. The van der Waals surface area contributed by atoms with E-state index in [2.05, 4.69) is 4.90 Å². The maximum absolute atomic E-state index is 11.8. The first-order valence-corrected chi connectivity index (χ1v) is 9.12. The van der Waals surface area contributed by atoms with E-state index in [1.54, 1.807) is 16.4 Å². The summed E-state index contributed by atoms with van der Waals surface area (Å²) in [4.78, 5) is 13.2. The van der Waals surface area contributed by atoms with Crippen LogP contribution in [0.5, 0.6) is 0 Å². The zero-order chi connectivity index (χ0) is 15.7. The molecule has 7 heteroatoms. The van der Waals surface area contributed by atoms with E-state index < -0.39 is 16.0 Å². The van der Waals surface area contributed by atoms with Gasteiger partial charge in [0.1, 0.15) is 0 Å². The van der Waals surface area contributed by atoms with E-state index in [4.69, 9.17) is 5.11 Å². The molecule has 0 aromatic heterocycles. The maximum atomic E-state index is 11.8. The Morgan fingerprint density at radius 1 is 1.18 bits per heavy atom. The molecule has 0 unspecified atom stereocenters. The van der Waals surface area contributed by atoms with Gasteiger partial charge in [0.15, 0.2) is 0 Å². The van der Waals surface area contributed by atoms with Crippen molar-refractivity contribution in [1.82, 2.24) is 9.21 Å². The van der Waals surface area contributed by atoms with E-state index in [0.717, 1.165) is 18.5 Å². The molecule has 0 saturated carbocycles. The molecular formula is C15H20N2O4S. The summed E-state index contributed by atoms with van der Waals surface area (Å²) in [5.41, 5.74) is 2.54. The quantitative estimate of drug-likeness (QED) is 0.885. The van der Waals surface area contributed by atoms with Crippen molar-refractivity contribution in [2.24, 2.45) is 0 Å². The predicted octanol–water partition coefficient (Wildman–Crippen LogP) is 0.778. The summed E-state index contributed by atoms with van der Waals surface area (Å²) in [6, 6.07) is 5.27. The van der Waals surface area contributed by atoms with Crippen LogP contribution in [-0.2, 0) is 23.0 Å². The molecule has 6 nitrogen and oxygen atoms in total. The van der Waals surface area contributed by atoms with E-state index in [0.29, 0.717) is 38.2 Å². The van der Waals surface area contributed by atoms with E-state index in [1.807, 2.05) is 6.07 Å². The summed E-state index contributed by atoms with van der Waals surface area (Å²) in [6.07, 6.45) is 1.59. The molecule has 0 spiro atoms. The molecule has 2 aliphatic heterocycles. The van der Waals surface area contributed by atoms with Gasteiger partial charge in [-0.25, -0.2) is 17.5 Å². The van der Waals surface area contributed by atoms with Gasteiger partial charge in [0, 0.05) is 32.7 Å². The molecule has 1 aromatic rings. The molecule has 1 saturated heterocycles. The average molecular weight is 324 g/mol. The van der Waals surface area contributed by atoms with E-state index >= 15 is 0 Å². The maximum Gasteiger partial charge on any atom is 0.335 e. The van der Waals surface area contributed by atoms with Crippen LogP contribution in [0.25, 0.3) is 0 Å². The highest BCUT2D eigenvalue weighted by Gasteiger charge is 2.28. The second kappa shape index (κ2) is 5.98. The van der Waals surface area contributed by atoms with Gasteiger partial charge in [-0.2, -0.15) is 0 Å². The second-order valence-corrected chi connectivity index (χ2v) is 7.97. The van der Waals surface area contributed by atoms with E-state index in [1.165, 1.54) is 5.56 Å². The fraction of sp³-hybridized carbons (Fsp3) is 0.533. The van der Waals surface area contributed by atoms with Gasteiger partial charge in [-0.15, -0.1) is 0 Å². The minimum Gasteiger partial charge on any atom is -0.478 e. The Morgan fingerprint density at radius 3 is 2.68 bits per heavy atom. The first kappa shape index (κ1) is 15.5. The largest absolute Gasteiger partial charge is 0.478 e. The fourth-order valence-corrected chi connectivity index (χ4v) is 4.65. The number of aromatic carboxylic acids is 1. The van der Waals surface area contributed by atoms with Gasteiger partial charge in [-0.05, 0) is 36.1 Å². The Morgan fingerprint density at radius 2 is 2.00 bits per heavy atom. The predicted molar refractivity (Wildman–Crippen MR) is 82.4 cm³/mol.